The zero-order valence-corrected chi connectivity index (χ0v) is 7.37. The van der Waals surface area contributed by atoms with Gasteiger partial charge in [0.2, 0.25) is 5.79 Å². The third-order valence-electron chi connectivity index (χ3n) is 2.06. The second-order valence-electron chi connectivity index (χ2n) is 3.08. The molecule has 0 aromatic heterocycles. The molecule has 0 amide bonds. The minimum absolute atomic E-state index is 0.388. The Kier molecular flexibility index (Phi) is 2.08. The first kappa shape index (κ1) is 8.94. The normalized spacial score (nSPS) is 25.4. The molecule has 0 spiro atoms. The molecule has 1 heterocycles. The number of hydrogen-bond donors (Lipinski definition) is 1. The Morgan fingerprint density at radius 3 is 2.50 bits per heavy atom. The number of rotatable bonds is 1. The highest BCUT2D eigenvalue weighted by molar-refractivity contribution is 5.31. The molecule has 1 N–H and O–H groups in total. The zero-order chi connectivity index (χ0) is 10.0. The Hall–Kier alpha value is -1.64. The smallest absolute Gasteiger partial charge is 0.227 e. The van der Waals surface area contributed by atoms with E-state index in [1.54, 1.807) is 30.3 Å². The van der Waals surface area contributed by atoms with E-state index in [-0.39, 0.29) is 0 Å². The summed E-state index contributed by atoms with van der Waals surface area (Å²) in [6.45, 7) is 0. The monoisotopic (exact) mass is 193 g/mol. The average molecular weight is 193 g/mol. The molecule has 1 aromatic carbocycles. The van der Waals surface area contributed by atoms with Gasteiger partial charge < -0.3 is 5.32 Å². The first-order chi connectivity index (χ1) is 6.71. The van der Waals surface area contributed by atoms with E-state index < -0.39 is 11.7 Å². The summed E-state index contributed by atoms with van der Waals surface area (Å²) >= 11 is 0. The van der Waals surface area contributed by atoms with Gasteiger partial charge in [-0.05, 0) is 12.2 Å². The van der Waals surface area contributed by atoms with Crippen molar-refractivity contribution in [2.75, 3.05) is 0 Å². The van der Waals surface area contributed by atoms with Gasteiger partial charge in [-0.2, -0.15) is 4.39 Å². The summed E-state index contributed by atoms with van der Waals surface area (Å²) in [7, 11) is 0. The van der Waals surface area contributed by atoms with Crippen LogP contribution < -0.4 is 5.32 Å². The van der Waals surface area contributed by atoms with Gasteiger partial charge >= 0.3 is 0 Å². The molecule has 2 rings (SSSR count). The third kappa shape index (κ3) is 1.53. The Morgan fingerprint density at radius 1 is 1.14 bits per heavy atom. The van der Waals surface area contributed by atoms with Crippen LogP contribution in [0.4, 0.5) is 8.78 Å². The van der Waals surface area contributed by atoms with Crippen molar-refractivity contribution in [3.05, 3.63) is 60.1 Å². The minimum atomic E-state index is -1.93. The van der Waals surface area contributed by atoms with Crippen LogP contribution in [0.1, 0.15) is 5.56 Å². The van der Waals surface area contributed by atoms with Crippen molar-refractivity contribution < 1.29 is 8.78 Å². The van der Waals surface area contributed by atoms with Gasteiger partial charge in [0.25, 0.3) is 0 Å². The average Bonchev–Trinajstić information content (AvgIpc) is 2.19. The Morgan fingerprint density at radius 2 is 1.86 bits per heavy atom. The lowest BCUT2D eigenvalue weighted by Crippen LogP contribution is -2.36. The van der Waals surface area contributed by atoms with Crippen LogP contribution in [0.5, 0.6) is 0 Å². The van der Waals surface area contributed by atoms with E-state index in [0.717, 1.165) is 0 Å². The summed E-state index contributed by atoms with van der Waals surface area (Å²) in [5.74, 6) is -2.60. The fraction of sp³-hybridized carbons (Fsp3) is 0.0909. The second-order valence-corrected chi connectivity index (χ2v) is 3.08. The Bertz CT molecular complexity index is 384. The molecule has 0 fully saturated rings. The van der Waals surface area contributed by atoms with Crippen LogP contribution in [-0.4, -0.2) is 0 Å². The van der Waals surface area contributed by atoms with Gasteiger partial charge in [0.15, 0.2) is 5.95 Å². The minimum Gasteiger partial charge on any atom is -0.323 e. The predicted octanol–water partition coefficient (Wildman–Crippen LogP) is 2.78. The van der Waals surface area contributed by atoms with Crippen LogP contribution in [0.3, 0.4) is 0 Å². The molecule has 14 heavy (non-hydrogen) atoms. The number of benzene rings is 1. The SMILES string of the molecule is FC1=CC=CC(F)(c2ccccc2)N1. The van der Waals surface area contributed by atoms with Gasteiger partial charge in [-0.15, -0.1) is 0 Å². The van der Waals surface area contributed by atoms with Gasteiger partial charge in [0, 0.05) is 5.56 Å². The Balaban J connectivity index is 2.35. The molecule has 0 aliphatic carbocycles. The molecule has 72 valence electrons. The van der Waals surface area contributed by atoms with E-state index in [2.05, 4.69) is 5.32 Å². The van der Waals surface area contributed by atoms with Crippen LogP contribution in [0.15, 0.2) is 54.5 Å². The lowest BCUT2D eigenvalue weighted by molar-refractivity contribution is 0.176. The quantitative estimate of drug-likeness (QED) is 0.676. The highest BCUT2D eigenvalue weighted by Crippen LogP contribution is 2.28. The summed E-state index contributed by atoms with van der Waals surface area (Å²) in [4.78, 5) is 0. The molecule has 1 atom stereocenters. The van der Waals surface area contributed by atoms with Crippen molar-refractivity contribution in [2.24, 2.45) is 0 Å². The standard InChI is InChI=1S/C11H9F2N/c12-10-7-4-8-11(13,14-10)9-5-2-1-3-6-9/h1-8,14H. The van der Waals surface area contributed by atoms with Gasteiger partial charge in [-0.3, -0.25) is 0 Å². The molecule has 3 heteroatoms. The number of nitrogens with one attached hydrogen (secondary N) is 1. The Labute approximate surface area is 80.8 Å². The fourth-order valence-electron chi connectivity index (χ4n) is 1.37. The molecular weight excluding hydrogens is 184 g/mol. The second kappa shape index (κ2) is 3.25. The van der Waals surface area contributed by atoms with E-state index in [9.17, 15) is 8.78 Å². The molecular formula is C11H9F2N. The van der Waals surface area contributed by atoms with E-state index in [0.29, 0.717) is 5.56 Å². The third-order valence-corrected chi connectivity index (χ3v) is 2.06. The maximum atomic E-state index is 14.1. The predicted molar refractivity (Wildman–Crippen MR) is 50.7 cm³/mol. The van der Waals surface area contributed by atoms with E-state index in [4.69, 9.17) is 0 Å². The summed E-state index contributed by atoms with van der Waals surface area (Å²) in [5, 5.41) is 2.15. The largest absolute Gasteiger partial charge is 0.323 e. The van der Waals surface area contributed by atoms with Crippen LogP contribution in [0.2, 0.25) is 0 Å². The number of allylic oxidation sites excluding steroid dienone is 2. The van der Waals surface area contributed by atoms with Crippen LogP contribution in [-0.2, 0) is 5.79 Å². The van der Waals surface area contributed by atoms with E-state index in [1.165, 1.54) is 18.2 Å². The maximum Gasteiger partial charge on any atom is 0.227 e. The van der Waals surface area contributed by atoms with E-state index in [1.807, 2.05) is 0 Å². The molecule has 1 aliphatic heterocycles. The summed E-state index contributed by atoms with van der Waals surface area (Å²) in [6.07, 6.45) is 3.82. The summed E-state index contributed by atoms with van der Waals surface area (Å²) in [6, 6.07) is 8.42. The summed E-state index contributed by atoms with van der Waals surface area (Å²) < 4.78 is 26.9. The van der Waals surface area contributed by atoms with Crippen LogP contribution >= 0.6 is 0 Å². The zero-order valence-electron chi connectivity index (χ0n) is 7.37. The number of dihydropyridines is 1. The molecule has 0 saturated carbocycles. The molecule has 0 radical (unpaired) electrons. The van der Waals surface area contributed by atoms with Gasteiger partial charge in [-0.1, -0.05) is 36.4 Å². The molecule has 1 aromatic rings. The van der Waals surface area contributed by atoms with Crippen LogP contribution in [0, 0.1) is 0 Å². The van der Waals surface area contributed by atoms with Crippen molar-refractivity contribution >= 4 is 0 Å². The molecule has 1 unspecified atom stereocenters. The lowest BCUT2D eigenvalue weighted by atomic mass is 10.0. The van der Waals surface area contributed by atoms with Gasteiger partial charge in [0.1, 0.15) is 0 Å². The summed E-state index contributed by atoms with van der Waals surface area (Å²) in [5.41, 5.74) is 0.388. The molecule has 0 bridgehead atoms. The first-order valence-electron chi connectivity index (χ1n) is 4.28. The van der Waals surface area contributed by atoms with Crippen molar-refractivity contribution in [3.63, 3.8) is 0 Å². The first-order valence-corrected chi connectivity index (χ1v) is 4.28. The topological polar surface area (TPSA) is 12.0 Å². The fourth-order valence-corrected chi connectivity index (χ4v) is 1.37. The van der Waals surface area contributed by atoms with Crippen molar-refractivity contribution in [1.82, 2.24) is 5.32 Å². The van der Waals surface area contributed by atoms with Crippen molar-refractivity contribution in [2.45, 2.75) is 5.79 Å². The van der Waals surface area contributed by atoms with Gasteiger partial charge in [0.05, 0.1) is 0 Å². The highest BCUT2D eigenvalue weighted by atomic mass is 19.2. The van der Waals surface area contributed by atoms with Crippen molar-refractivity contribution in [3.8, 4) is 0 Å². The molecule has 1 nitrogen and oxygen atoms in total. The lowest BCUT2D eigenvalue weighted by Gasteiger charge is -2.25. The van der Waals surface area contributed by atoms with E-state index >= 15 is 0 Å². The number of alkyl halides is 1. The van der Waals surface area contributed by atoms with Gasteiger partial charge in [-0.25, -0.2) is 4.39 Å². The number of hydrogen-bond acceptors (Lipinski definition) is 1. The molecule has 0 saturated heterocycles. The maximum absolute atomic E-state index is 14.1. The van der Waals surface area contributed by atoms with Crippen molar-refractivity contribution in [1.29, 1.82) is 0 Å². The molecule has 1 aliphatic rings. The highest BCUT2D eigenvalue weighted by Gasteiger charge is 2.30. The number of halogens is 2. The van der Waals surface area contributed by atoms with Crippen LogP contribution in [0.25, 0.3) is 0 Å².